The number of unbranched alkanes of at least 4 members (excludes halogenated alkanes) is 1. The van der Waals surface area contributed by atoms with E-state index in [4.69, 9.17) is 5.11 Å². The molecule has 2 aliphatic rings. The minimum Gasteiger partial charge on any atom is -0.396 e. The summed E-state index contributed by atoms with van der Waals surface area (Å²) in [6.45, 7) is 9.05. The molecular formula is C12H25N4O. The van der Waals surface area contributed by atoms with Crippen molar-refractivity contribution in [3.05, 3.63) is 0 Å². The van der Waals surface area contributed by atoms with Crippen LogP contribution in [0.15, 0.2) is 0 Å². The lowest BCUT2D eigenvalue weighted by atomic mass is 10.2. The molecule has 1 radical (unpaired) electrons. The molecule has 2 N–H and O–H groups in total. The first-order valence-corrected chi connectivity index (χ1v) is 6.85. The molecule has 17 heavy (non-hydrogen) atoms. The standard InChI is InChI=1S/C12H25N4O/c17-10-2-1-5-15-6-8-16(9-7-15)12-11-13-3-4-14-12/h12-13,17H,1-11H2. The summed E-state index contributed by atoms with van der Waals surface area (Å²) in [4.78, 5) is 5.00. The fraction of sp³-hybridized carbons (Fsp3) is 1.00. The summed E-state index contributed by atoms with van der Waals surface area (Å²) in [7, 11) is 0. The fourth-order valence-corrected chi connectivity index (χ4v) is 2.57. The van der Waals surface area contributed by atoms with E-state index in [-0.39, 0.29) is 0 Å². The molecule has 99 valence electrons. The minimum absolute atomic E-state index is 0.326. The van der Waals surface area contributed by atoms with E-state index in [1.165, 1.54) is 0 Å². The molecule has 0 aliphatic carbocycles. The monoisotopic (exact) mass is 241 g/mol. The Balaban J connectivity index is 1.63. The Morgan fingerprint density at radius 1 is 1.18 bits per heavy atom. The molecular weight excluding hydrogens is 216 g/mol. The van der Waals surface area contributed by atoms with Crippen molar-refractivity contribution in [2.24, 2.45) is 0 Å². The van der Waals surface area contributed by atoms with Gasteiger partial charge in [0.2, 0.25) is 0 Å². The predicted octanol–water partition coefficient (Wildman–Crippen LogP) is -1.09. The molecule has 0 aromatic rings. The summed E-state index contributed by atoms with van der Waals surface area (Å²) in [5.41, 5.74) is 0. The van der Waals surface area contributed by atoms with Crippen molar-refractivity contribution >= 4 is 0 Å². The van der Waals surface area contributed by atoms with E-state index in [1.54, 1.807) is 0 Å². The Morgan fingerprint density at radius 2 is 2.00 bits per heavy atom. The first-order valence-electron chi connectivity index (χ1n) is 6.85. The molecule has 0 bridgehead atoms. The Hall–Kier alpha value is -0.200. The molecule has 0 amide bonds. The molecule has 1 unspecified atom stereocenters. The van der Waals surface area contributed by atoms with Crippen molar-refractivity contribution in [1.29, 1.82) is 0 Å². The van der Waals surface area contributed by atoms with Crippen LogP contribution in [0.1, 0.15) is 12.8 Å². The second kappa shape index (κ2) is 7.28. The number of aliphatic hydroxyl groups excluding tert-OH is 1. The molecule has 0 aromatic carbocycles. The SMILES string of the molecule is OCCCCN1CCN(C2CNCC[N]2)CC1. The zero-order chi connectivity index (χ0) is 11.9. The van der Waals surface area contributed by atoms with Crippen LogP contribution in [-0.2, 0) is 0 Å². The van der Waals surface area contributed by atoms with Crippen LogP contribution in [0.25, 0.3) is 0 Å². The molecule has 2 heterocycles. The predicted molar refractivity (Wildman–Crippen MR) is 68.0 cm³/mol. The maximum absolute atomic E-state index is 8.76. The Kier molecular flexibility index (Phi) is 5.67. The first kappa shape index (κ1) is 13.2. The quantitative estimate of drug-likeness (QED) is 0.601. The van der Waals surface area contributed by atoms with Crippen molar-refractivity contribution in [2.75, 3.05) is 59.0 Å². The molecule has 2 saturated heterocycles. The van der Waals surface area contributed by atoms with Gasteiger partial charge in [0.05, 0.1) is 6.17 Å². The second-order valence-corrected chi connectivity index (χ2v) is 4.90. The molecule has 1 atom stereocenters. The van der Waals surface area contributed by atoms with Gasteiger partial charge in [0.15, 0.2) is 0 Å². The van der Waals surface area contributed by atoms with Gasteiger partial charge in [-0.25, -0.2) is 5.32 Å². The Morgan fingerprint density at radius 3 is 2.65 bits per heavy atom. The highest BCUT2D eigenvalue weighted by atomic mass is 16.2. The van der Waals surface area contributed by atoms with Gasteiger partial charge in [-0.2, -0.15) is 0 Å². The van der Waals surface area contributed by atoms with E-state index in [9.17, 15) is 0 Å². The van der Waals surface area contributed by atoms with Gasteiger partial charge in [-0.3, -0.25) is 4.90 Å². The minimum atomic E-state index is 0.326. The highest BCUT2D eigenvalue weighted by Gasteiger charge is 2.25. The normalized spacial score (nSPS) is 28.4. The van der Waals surface area contributed by atoms with Crippen LogP contribution in [0.3, 0.4) is 0 Å². The molecule has 0 aromatic heterocycles. The molecule has 2 aliphatic heterocycles. The van der Waals surface area contributed by atoms with Gasteiger partial charge >= 0.3 is 0 Å². The number of nitrogens with zero attached hydrogens (tertiary/aromatic N) is 3. The third-order valence-electron chi connectivity index (χ3n) is 3.67. The van der Waals surface area contributed by atoms with Crippen LogP contribution >= 0.6 is 0 Å². The summed E-state index contributed by atoms with van der Waals surface area (Å²) in [5, 5.41) is 16.8. The number of nitrogens with one attached hydrogen (secondary N) is 1. The van der Waals surface area contributed by atoms with E-state index in [0.717, 1.165) is 65.2 Å². The van der Waals surface area contributed by atoms with Gasteiger partial charge in [0, 0.05) is 52.4 Å². The van der Waals surface area contributed by atoms with Crippen molar-refractivity contribution in [2.45, 2.75) is 19.0 Å². The fourth-order valence-electron chi connectivity index (χ4n) is 2.57. The van der Waals surface area contributed by atoms with Crippen LogP contribution in [0.4, 0.5) is 0 Å². The molecule has 2 fully saturated rings. The summed E-state index contributed by atoms with van der Waals surface area (Å²) in [5.74, 6) is 0. The van der Waals surface area contributed by atoms with Gasteiger partial charge in [-0.05, 0) is 19.4 Å². The van der Waals surface area contributed by atoms with E-state index in [0.29, 0.717) is 12.8 Å². The average Bonchev–Trinajstić information content (AvgIpc) is 2.41. The van der Waals surface area contributed by atoms with Crippen LogP contribution in [-0.4, -0.2) is 80.0 Å². The molecule has 0 saturated carbocycles. The van der Waals surface area contributed by atoms with E-state index < -0.39 is 0 Å². The van der Waals surface area contributed by atoms with Gasteiger partial charge in [0.1, 0.15) is 0 Å². The third kappa shape index (κ3) is 4.19. The number of hydrogen-bond donors (Lipinski definition) is 2. The number of piperazine rings is 2. The van der Waals surface area contributed by atoms with Crippen LogP contribution in [0.5, 0.6) is 0 Å². The maximum Gasteiger partial charge on any atom is 0.0888 e. The van der Waals surface area contributed by atoms with Gasteiger partial charge in [0.25, 0.3) is 0 Å². The molecule has 0 spiro atoms. The lowest BCUT2D eigenvalue weighted by molar-refractivity contribution is 0.0709. The summed E-state index contributed by atoms with van der Waals surface area (Å²) in [6.07, 6.45) is 2.46. The smallest absolute Gasteiger partial charge is 0.0888 e. The molecule has 5 nitrogen and oxygen atoms in total. The Bertz CT molecular complexity index is 201. The highest BCUT2D eigenvalue weighted by Crippen LogP contribution is 2.07. The second-order valence-electron chi connectivity index (χ2n) is 4.90. The van der Waals surface area contributed by atoms with E-state index >= 15 is 0 Å². The van der Waals surface area contributed by atoms with Gasteiger partial charge < -0.3 is 15.3 Å². The molecule has 5 heteroatoms. The average molecular weight is 241 g/mol. The van der Waals surface area contributed by atoms with Crippen molar-refractivity contribution in [3.8, 4) is 0 Å². The number of rotatable bonds is 5. The Labute approximate surface area is 104 Å². The lowest BCUT2D eigenvalue weighted by Gasteiger charge is -2.40. The van der Waals surface area contributed by atoms with Crippen LogP contribution in [0, 0.1) is 0 Å². The van der Waals surface area contributed by atoms with Crippen LogP contribution < -0.4 is 10.6 Å². The maximum atomic E-state index is 8.76. The van der Waals surface area contributed by atoms with Gasteiger partial charge in [-0.1, -0.05) is 0 Å². The summed E-state index contributed by atoms with van der Waals surface area (Å²) < 4.78 is 0. The van der Waals surface area contributed by atoms with E-state index in [1.807, 2.05) is 0 Å². The summed E-state index contributed by atoms with van der Waals surface area (Å²) >= 11 is 0. The van der Waals surface area contributed by atoms with Gasteiger partial charge in [-0.15, -0.1) is 0 Å². The topological polar surface area (TPSA) is 52.8 Å². The zero-order valence-electron chi connectivity index (χ0n) is 10.6. The van der Waals surface area contributed by atoms with Crippen molar-refractivity contribution in [3.63, 3.8) is 0 Å². The first-order chi connectivity index (χ1) is 8.40. The third-order valence-corrected chi connectivity index (χ3v) is 3.67. The van der Waals surface area contributed by atoms with Crippen LogP contribution in [0.2, 0.25) is 0 Å². The van der Waals surface area contributed by atoms with E-state index in [2.05, 4.69) is 20.4 Å². The summed E-state index contributed by atoms with van der Waals surface area (Å²) in [6, 6.07) is 0. The zero-order valence-corrected chi connectivity index (χ0v) is 10.6. The number of hydrogen-bond acceptors (Lipinski definition) is 4. The largest absolute Gasteiger partial charge is 0.396 e. The highest BCUT2D eigenvalue weighted by molar-refractivity contribution is 4.81. The number of aliphatic hydroxyl groups is 1. The van der Waals surface area contributed by atoms with Crippen molar-refractivity contribution in [1.82, 2.24) is 20.4 Å². The van der Waals surface area contributed by atoms with Crippen molar-refractivity contribution < 1.29 is 5.11 Å². The lowest BCUT2D eigenvalue weighted by Crippen LogP contribution is -2.58. The molecule has 2 rings (SSSR count).